The first kappa shape index (κ1) is 15.8. The van der Waals surface area contributed by atoms with Crippen LogP contribution in [-0.2, 0) is 0 Å². The third kappa shape index (κ3) is 3.65. The van der Waals surface area contributed by atoms with Crippen molar-refractivity contribution in [2.45, 2.75) is 77.6 Å². The fourth-order valence-electron chi connectivity index (χ4n) is 4.39. The zero-order chi connectivity index (χ0) is 15.4. The van der Waals surface area contributed by atoms with E-state index in [0.717, 1.165) is 17.8 Å². The summed E-state index contributed by atoms with van der Waals surface area (Å²) < 4.78 is 0. The van der Waals surface area contributed by atoms with E-state index in [-0.39, 0.29) is 0 Å². The summed E-state index contributed by atoms with van der Waals surface area (Å²) in [6, 6.07) is 9.61. The SMILES string of the molecule is CCC1CC=C(c2ccc([C@H]3CC[C@H](CC)CC3)cc2)CC1. The van der Waals surface area contributed by atoms with Crippen LogP contribution in [0.3, 0.4) is 0 Å². The van der Waals surface area contributed by atoms with Crippen molar-refractivity contribution in [3.05, 3.63) is 41.5 Å². The van der Waals surface area contributed by atoms with Gasteiger partial charge in [0.1, 0.15) is 0 Å². The molecule has 0 heteroatoms. The summed E-state index contributed by atoms with van der Waals surface area (Å²) in [5.74, 6) is 2.74. The molecule has 1 unspecified atom stereocenters. The fourth-order valence-corrected chi connectivity index (χ4v) is 4.39. The number of allylic oxidation sites excluding steroid dienone is 2. The monoisotopic (exact) mass is 296 g/mol. The first-order valence-electron chi connectivity index (χ1n) is 9.59. The Balaban J connectivity index is 1.62. The summed E-state index contributed by atoms with van der Waals surface area (Å²) in [6.07, 6.45) is 14.8. The number of hydrogen-bond acceptors (Lipinski definition) is 0. The molecule has 1 atom stereocenters. The molecule has 2 aliphatic carbocycles. The van der Waals surface area contributed by atoms with Crippen LogP contribution in [0.5, 0.6) is 0 Å². The number of hydrogen-bond donors (Lipinski definition) is 0. The highest BCUT2D eigenvalue weighted by molar-refractivity contribution is 5.66. The molecule has 1 aromatic rings. The second-order valence-corrected chi connectivity index (χ2v) is 7.53. The molecule has 0 heterocycles. The first-order chi connectivity index (χ1) is 10.8. The normalized spacial score (nSPS) is 29.2. The van der Waals surface area contributed by atoms with Gasteiger partial charge < -0.3 is 0 Å². The first-order valence-corrected chi connectivity index (χ1v) is 9.59. The van der Waals surface area contributed by atoms with Gasteiger partial charge in [-0.2, -0.15) is 0 Å². The van der Waals surface area contributed by atoms with Crippen molar-refractivity contribution >= 4 is 5.57 Å². The van der Waals surface area contributed by atoms with Crippen molar-refractivity contribution in [2.24, 2.45) is 11.8 Å². The van der Waals surface area contributed by atoms with Crippen molar-refractivity contribution in [1.82, 2.24) is 0 Å². The summed E-state index contributed by atoms with van der Waals surface area (Å²) >= 11 is 0. The van der Waals surface area contributed by atoms with E-state index in [1.54, 1.807) is 11.1 Å². The maximum atomic E-state index is 2.50. The Morgan fingerprint density at radius 1 is 0.818 bits per heavy atom. The van der Waals surface area contributed by atoms with Gasteiger partial charge in [-0.3, -0.25) is 0 Å². The predicted octanol–water partition coefficient (Wildman–Crippen LogP) is 6.96. The van der Waals surface area contributed by atoms with Crippen molar-refractivity contribution in [1.29, 1.82) is 0 Å². The van der Waals surface area contributed by atoms with Gasteiger partial charge in [-0.25, -0.2) is 0 Å². The van der Waals surface area contributed by atoms with Gasteiger partial charge in [0.15, 0.2) is 0 Å². The molecule has 0 N–H and O–H groups in total. The van der Waals surface area contributed by atoms with Crippen LogP contribution in [0.2, 0.25) is 0 Å². The average molecular weight is 296 g/mol. The summed E-state index contributed by atoms with van der Waals surface area (Å²) in [6.45, 7) is 4.67. The van der Waals surface area contributed by atoms with Crippen molar-refractivity contribution in [3.63, 3.8) is 0 Å². The minimum absolute atomic E-state index is 0.821. The lowest BCUT2D eigenvalue weighted by molar-refractivity contribution is 0.319. The minimum Gasteiger partial charge on any atom is -0.0804 e. The van der Waals surface area contributed by atoms with Crippen LogP contribution in [0.15, 0.2) is 30.3 Å². The van der Waals surface area contributed by atoms with Gasteiger partial charge in [0.2, 0.25) is 0 Å². The lowest BCUT2D eigenvalue weighted by Crippen LogP contribution is -2.12. The molecule has 3 rings (SSSR count). The van der Waals surface area contributed by atoms with E-state index < -0.39 is 0 Å². The van der Waals surface area contributed by atoms with E-state index in [4.69, 9.17) is 0 Å². The highest BCUT2D eigenvalue weighted by Gasteiger charge is 2.21. The highest BCUT2D eigenvalue weighted by atomic mass is 14.3. The zero-order valence-corrected chi connectivity index (χ0v) is 14.5. The van der Waals surface area contributed by atoms with E-state index in [0.29, 0.717) is 0 Å². The highest BCUT2D eigenvalue weighted by Crippen LogP contribution is 2.38. The van der Waals surface area contributed by atoms with Crippen LogP contribution in [0, 0.1) is 11.8 Å². The summed E-state index contributed by atoms with van der Waals surface area (Å²) in [5.41, 5.74) is 4.65. The molecule has 1 saturated carbocycles. The molecular formula is C22H32. The smallest absolute Gasteiger partial charge is 0.0162 e. The van der Waals surface area contributed by atoms with Gasteiger partial charge in [0.05, 0.1) is 0 Å². The van der Waals surface area contributed by atoms with E-state index in [1.165, 1.54) is 63.4 Å². The van der Waals surface area contributed by atoms with E-state index in [2.05, 4.69) is 44.2 Å². The van der Waals surface area contributed by atoms with Crippen LogP contribution in [0.4, 0.5) is 0 Å². The molecule has 0 spiro atoms. The van der Waals surface area contributed by atoms with Gasteiger partial charge in [-0.1, -0.05) is 57.0 Å². The van der Waals surface area contributed by atoms with Gasteiger partial charge in [-0.15, -0.1) is 0 Å². The third-order valence-electron chi connectivity index (χ3n) is 6.27. The standard InChI is InChI=1S/C22H32/c1-3-17-5-9-19(10-6-17)21-13-15-22(16-14-21)20-11-7-18(4-2)8-12-20/h9,13-18,20H,3-8,10-12H2,1-2H3/t17?,18-,20-. The van der Waals surface area contributed by atoms with Gasteiger partial charge in [0.25, 0.3) is 0 Å². The Hall–Kier alpha value is -1.04. The summed E-state index contributed by atoms with van der Waals surface area (Å²) in [7, 11) is 0. The molecule has 0 aliphatic heterocycles. The number of rotatable bonds is 4. The van der Waals surface area contributed by atoms with Gasteiger partial charge in [-0.05, 0) is 79.4 Å². The summed E-state index contributed by atoms with van der Waals surface area (Å²) in [4.78, 5) is 0. The maximum absolute atomic E-state index is 2.50. The van der Waals surface area contributed by atoms with Crippen LogP contribution in [0.1, 0.15) is 88.7 Å². The zero-order valence-electron chi connectivity index (χ0n) is 14.5. The second-order valence-electron chi connectivity index (χ2n) is 7.53. The molecule has 0 nitrogen and oxygen atoms in total. The Morgan fingerprint density at radius 3 is 2.05 bits per heavy atom. The Morgan fingerprint density at radius 2 is 1.50 bits per heavy atom. The lowest BCUT2D eigenvalue weighted by atomic mass is 9.77. The van der Waals surface area contributed by atoms with Crippen LogP contribution in [0.25, 0.3) is 5.57 Å². The minimum atomic E-state index is 0.821. The molecule has 0 bridgehead atoms. The third-order valence-corrected chi connectivity index (χ3v) is 6.27. The molecule has 0 saturated heterocycles. The molecule has 120 valence electrons. The molecule has 1 aromatic carbocycles. The van der Waals surface area contributed by atoms with Gasteiger partial charge >= 0.3 is 0 Å². The largest absolute Gasteiger partial charge is 0.0804 e. The Kier molecular flexibility index (Phi) is 5.39. The lowest BCUT2D eigenvalue weighted by Gasteiger charge is -2.28. The molecule has 2 aliphatic rings. The molecule has 0 radical (unpaired) electrons. The van der Waals surface area contributed by atoms with Crippen LogP contribution in [-0.4, -0.2) is 0 Å². The predicted molar refractivity (Wildman–Crippen MR) is 97.0 cm³/mol. The van der Waals surface area contributed by atoms with E-state index >= 15 is 0 Å². The fraction of sp³-hybridized carbons (Fsp3) is 0.636. The van der Waals surface area contributed by atoms with Crippen molar-refractivity contribution < 1.29 is 0 Å². The summed E-state index contributed by atoms with van der Waals surface area (Å²) in [5, 5.41) is 0. The molecule has 1 fully saturated rings. The topological polar surface area (TPSA) is 0 Å². The Bertz CT molecular complexity index is 485. The van der Waals surface area contributed by atoms with Crippen molar-refractivity contribution in [2.75, 3.05) is 0 Å². The van der Waals surface area contributed by atoms with Crippen LogP contribution >= 0.6 is 0 Å². The Labute approximate surface area is 137 Å². The van der Waals surface area contributed by atoms with Crippen molar-refractivity contribution in [3.8, 4) is 0 Å². The molecule has 0 aromatic heterocycles. The van der Waals surface area contributed by atoms with E-state index in [1.807, 2.05) is 0 Å². The molecular weight excluding hydrogens is 264 g/mol. The van der Waals surface area contributed by atoms with Crippen LogP contribution < -0.4 is 0 Å². The number of benzene rings is 1. The van der Waals surface area contributed by atoms with Gasteiger partial charge in [0, 0.05) is 0 Å². The quantitative estimate of drug-likeness (QED) is 0.563. The maximum Gasteiger partial charge on any atom is -0.0162 e. The molecule has 22 heavy (non-hydrogen) atoms. The average Bonchev–Trinajstić information content (AvgIpc) is 2.62. The van der Waals surface area contributed by atoms with E-state index in [9.17, 15) is 0 Å². The molecule has 0 amide bonds. The second kappa shape index (κ2) is 7.49.